The van der Waals surface area contributed by atoms with E-state index in [1.165, 1.54) is 0 Å². The third-order valence-corrected chi connectivity index (χ3v) is 3.39. The molecule has 1 aromatic rings. The first kappa shape index (κ1) is 15.0. The molecule has 1 heterocycles. The molecule has 2 atom stereocenters. The summed E-state index contributed by atoms with van der Waals surface area (Å²) in [5.41, 5.74) is 1.06. The fraction of sp³-hybridized carbons (Fsp3) is 0.533. The molecule has 1 aromatic carbocycles. The molecule has 1 amide bonds. The first-order chi connectivity index (χ1) is 9.65. The number of carbonyl (C=O) groups excluding carboxylic acids is 1. The number of rotatable bonds is 5. The standard InChI is InChI=1S/C15H22N2O3/c1-17-7-8-20-14(11-17)15(19)16-10-13(18)9-12-5-3-2-4-6-12/h2-6,13-14,18H,7-11H2,1H3,(H,16,19). The van der Waals surface area contributed by atoms with Crippen LogP contribution in [0.4, 0.5) is 0 Å². The lowest BCUT2D eigenvalue weighted by Crippen LogP contribution is -2.49. The molecule has 2 rings (SSSR count). The normalized spacial score (nSPS) is 21.4. The predicted molar refractivity (Wildman–Crippen MR) is 76.4 cm³/mol. The van der Waals surface area contributed by atoms with Crippen molar-refractivity contribution in [3.63, 3.8) is 0 Å². The fourth-order valence-corrected chi connectivity index (χ4v) is 2.23. The Morgan fingerprint density at radius 2 is 2.25 bits per heavy atom. The molecule has 0 saturated carbocycles. The number of amides is 1. The molecule has 0 radical (unpaired) electrons. The second-order valence-electron chi connectivity index (χ2n) is 5.21. The molecule has 5 heteroatoms. The minimum Gasteiger partial charge on any atom is -0.391 e. The van der Waals surface area contributed by atoms with Crippen LogP contribution in [0.5, 0.6) is 0 Å². The van der Waals surface area contributed by atoms with Crippen LogP contribution < -0.4 is 5.32 Å². The zero-order valence-corrected chi connectivity index (χ0v) is 11.8. The summed E-state index contributed by atoms with van der Waals surface area (Å²) >= 11 is 0. The third-order valence-electron chi connectivity index (χ3n) is 3.39. The second kappa shape index (κ2) is 7.38. The van der Waals surface area contributed by atoms with Gasteiger partial charge in [0.1, 0.15) is 6.10 Å². The van der Waals surface area contributed by atoms with Gasteiger partial charge in [-0.3, -0.25) is 4.79 Å². The smallest absolute Gasteiger partial charge is 0.250 e. The van der Waals surface area contributed by atoms with Crippen molar-refractivity contribution >= 4 is 5.91 Å². The van der Waals surface area contributed by atoms with E-state index in [0.717, 1.165) is 12.1 Å². The summed E-state index contributed by atoms with van der Waals surface area (Å²) < 4.78 is 5.43. The topological polar surface area (TPSA) is 61.8 Å². The van der Waals surface area contributed by atoms with Gasteiger partial charge < -0.3 is 20.1 Å². The molecule has 0 aliphatic carbocycles. The van der Waals surface area contributed by atoms with Crippen molar-refractivity contribution in [1.29, 1.82) is 0 Å². The van der Waals surface area contributed by atoms with Gasteiger partial charge in [0.25, 0.3) is 5.91 Å². The summed E-state index contributed by atoms with van der Waals surface area (Å²) in [4.78, 5) is 14.0. The average Bonchev–Trinajstić information content (AvgIpc) is 2.46. The van der Waals surface area contributed by atoms with E-state index < -0.39 is 12.2 Å². The van der Waals surface area contributed by atoms with Crippen molar-refractivity contribution < 1.29 is 14.6 Å². The van der Waals surface area contributed by atoms with Crippen LogP contribution >= 0.6 is 0 Å². The Balaban J connectivity index is 1.72. The van der Waals surface area contributed by atoms with Crippen LogP contribution in [-0.2, 0) is 16.0 Å². The van der Waals surface area contributed by atoms with Crippen molar-refractivity contribution in [3.05, 3.63) is 35.9 Å². The summed E-state index contributed by atoms with van der Waals surface area (Å²) in [6, 6.07) is 9.74. The highest BCUT2D eigenvalue weighted by Crippen LogP contribution is 2.04. The van der Waals surface area contributed by atoms with Crippen LogP contribution in [0.15, 0.2) is 30.3 Å². The molecular weight excluding hydrogens is 256 g/mol. The molecule has 2 unspecified atom stereocenters. The van der Waals surface area contributed by atoms with E-state index in [0.29, 0.717) is 19.6 Å². The largest absolute Gasteiger partial charge is 0.391 e. The molecule has 20 heavy (non-hydrogen) atoms. The monoisotopic (exact) mass is 278 g/mol. The Hall–Kier alpha value is -1.43. The quantitative estimate of drug-likeness (QED) is 0.798. The fourth-order valence-electron chi connectivity index (χ4n) is 2.23. The molecule has 2 N–H and O–H groups in total. The van der Waals surface area contributed by atoms with Gasteiger partial charge in [-0.1, -0.05) is 30.3 Å². The molecule has 0 spiro atoms. The molecule has 1 saturated heterocycles. The summed E-state index contributed by atoms with van der Waals surface area (Å²) in [6.07, 6.45) is -0.479. The number of morpholine rings is 1. The van der Waals surface area contributed by atoms with E-state index >= 15 is 0 Å². The Bertz CT molecular complexity index is 424. The lowest BCUT2D eigenvalue weighted by molar-refractivity contribution is -0.138. The highest BCUT2D eigenvalue weighted by Gasteiger charge is 2.24. The van der Waals surface area contributed by atoms with Crippen molar-refractivity contribution in [2.45, 2.75) is 18.6 Å². The Labute approximate surface area is 119 Å². The minimum atomic E-state index is -0.581. The van der Waals surface area contributed by atoms with Crippen LogP contribution in [0, 0.1) is 0 Å². The molecule has 1 fully saturated rings. The molecule has 0 aromatic heterocycles. The molecule has 1 aliphatic rings. The van der Waals surface area contributed by atoms with Gasteiger partial charge in [-0.25, -0.2) is 0 Å². The van der Waals surface area contributed by atoms with Gasteiger partial charge in [0.05, 0.1) is 12.7 Å². The van der Waals surface area contributed by atoms with Gasteiger partial charge in [-0.15, -0.1) is 0 Å². The van der Waals surface area contributed by atoms with Gasteiger partial charge in [-0.2, -0.15) is 0 Å². The first-order valence-electron chi connectivity index (χ1n) is 6.95. The lowest BCUT2D eigenvalue weighted by Gasteiger charge is -2.29. The van der Waals surface area contributed by atoms with Gasteiger partial charge >= 0.3 is 0 Å². The second-order valence-corrected chi connectivity index (χ2v) is 5.21. The van der Waals surface area contributed by atoms with Crippen LogP contribution in [0.25, 0.3) is 0 Å². The van der Waals surface area contributed by atoms with E-state index in [2.05, 4.69) is 10.2 Å². The number of benzene rings is 1. The van der Waals surface area contributed by atoms with E-state index in [1.807, 2.05) is 37.4 Å². The number of nitrogens with zero attached hydrogens (tertiary/aromatic N) is 1. The summed E-state index contributed by atoms with van der Waals surface area (Å²) in [5.74, 6) is -0.149. The minimum absolute atomic E-state index is 0.149. The van der Waals surface area contributed by atoms with Crippen molar-refractivity contribution in [1.82, 2.24) is 10.2 Å². The van der Waals surface area contributed by atoms with E-state index in [1.54, 1.807) is 0 Å². The SMILES string of the molecule is CN1CCOC(C(=O)NCC(O)Cc2ccccc2)C1. The first-order valence-corrected chi connectivity index (χ1v) is 6.95. The van der Waals surface area contributed by atoms with Gasteiger partial charge in [-0.05, 0) is 12.6 Å². The third kappa shape index (κ3) is 4.59. The average molecular weight is 278 g/mol. The van der Waals surface area contributed by atoms with Crippen LogP contribution in [-0.4, -0.2) is 61.4 Å². The number of hydrogen-bond donors (Lipinski definition) is 2. The number of hydrogen-bond acceptors (Lipinski definition) is 4. The van der Waals surface area contributed by atoms with Crippen molar-refractivity contribution in [3.8, 4) is 0 Å². The zero-order chi connectivity index (χ0) is 14.4. The predicted octanol–water partition coefficient (Wildman–Crippen LogP) is 0.0368. The van der Waals surface area contributed by atoms with Crippen molar-refractivity contribution in [2.24, 2.45) is 0 Å². The highest BCUT2D eigenvalue weighted by atomic mass is 16.5. The molecule has 1 aliphatic heterocycles. The number of likely N-dealkylation sites (N-methyl/N-ethyl adjacent to an activating group) is 1. The Morgan fingerprint density at radius 3 is 2.95 bits per heavy atom. The summed E-state index contributed by atoms with van der Waals surface area (Å²) in [6.45, 7) is 2.26. The molecular formula is C15H22N2O3. The maximum Gasteiger partial charge on any atom is 0.250 e. The van der Waals surface area contributed by atoms with Crippen LogP contribution in [0.1, 0.15) is 5.56 Å². The van der Waals surface area contributed by atoms with E-state index in [-0.39, 0.29) is 12.5 Å². The summed E-state index contributed by atoms with van der Waals surface area (Å²) in [5, 5.41) is 12.7. The number of aliphatic hydroxyl groups excluding tert-OH is 1. The highest BCUT2D eigenvalue weighted by molar-refractivity contribution is 5.81. The maximum absolute atomic E-state index is 11.9. The molecule has 0 bridgehead atoms. The number of carbonyl (C=O) groups is 1. The molecule has 110 valence electrons. The molecule has 5 nitrogen and oxygen atoms in total. The number of ether oxygens (including phenoxy) is 1. The van der Waals surface area contributed by atoms with Crippen molar-refractivity contribution in [2.75, 3.05) is 33.3 Å². The van der Waals surface area contributed by atoms with E-state index in [4.69, 9.17) is 4.74 Å². The van der Waals surface area contributed by atoms with Gasteiger partial charge in [0.2, 0.25) is 0 Å². The number of aliphatic hydroxyl groups is 1. The lowest BCUT2D eigenvalue weighted by atomic mass is 10.1. The van der Waals surface area contributed by atoms with Gasteiger partial charge in [0.15, 0.2) is 0 Å². The zero-order valence-electron chi connectivity index (χ0n) is 11.8. The maximum atomic E-state index is 11.9. The summed E-state index contributed by atoms with van der Waals surface area (Å²) in [7, 11) is 1.97. The number of nitrogens with one attached hydrogen (secondary N) is 1. The van der Waals surface area contributed by atoms with E-state index in [9.17, 15) is 9.90 Å². The van der Waals surface area contributed by atoms with Gasteiger partial charge in [0, 0.05) is 26.1 Å². The Kier molecular flexibility index (Phi) is 5.52. The Morgan fingerprint density at radius 1 is 1.50 bits per heavy atom. The van der Waals surface area contributed by atoms with Crippen LogP contribution in [0.2, 0.25) is 0 Å². The van der Waals surface area contributed by atoms with Crippen LogP contribution in [0.3, 0.4) is 0 Å².